The molecule has 490 valence electrons. The van der Waals surface area contributed by atoms with Crippen LogP contribution in [0, 0.1) is 0 Å². The molecule has 22 rings (SSSR count). The summed E-state index contributed by atoms with van der Waals surface area (Å²) in [5, 5.41) is 33.4. The lowest BCUT2D eigenvalue weighted by atomic mass is 9.80. The molecule has 0 aliphatic carbocycles. The van der Waals surface area contributed by atoms with E-state index in [0.29, 0.717) is 5.46 Å². The van der Waals surface area contributed by atoms with Gasteiger partial charge in [-0.25, -0.2) is 0 Å². The Morgan fingerprint density at radius 2 is 0.447 bits per heavy atom. The van der Waals surface area contributed by atoms with Crippen LogP contribution in [0.4, 0.5) is 0 Å². The molecule has 0 fully saturated rings. The number of rotatable bonds is 6. The molecule has 0 aliphatic heterocycles. The predicted molar refractivity (Wildman–Crippen MR) is 429 cm³/mol. The highest BCUT2D eigenvalue weighted by Gasteiger charge is 2.22. The Morgan fingerprint density at radius 1 is 0.204 bits per heavy atom. The maximum absolute atomic E-state index is 9.35. The van der Waals surface area contributed by atoms with Gasteiger partial charge < -0.3 is 41.0 Å². The maximum Gasteiger partial charge on any atom is 0.488 e. The highest BCUT2D eigenvalue weighted by atomic mass is 79.9. The van der Waals surface area contributed by atoms with Crippen LogP contribution in [0.25, 0.3) is 209 Å². The zero-order chi connectivity index (χ0) is 67.8. The third-order valence-corrected chi connectivity index (χ3v) is 20.8. The molecular formula is C91H55BBr2O9. The number of halogens is 2. The van der Waals surface area contributed by atoms with E-state index in [9.17, 15) is 10.0 Å². The molecule has 22 aromatic rings. The van der Waals surface area contributed by atoms with Crippen LogP contribution in [0.15, 0.2) is 337 Å². The second-order valence-corrected chi connectivity index (χ2v) is 27.7. The monoisotopic (exact) mass is 1460 g/mol. The Balaban J connectivity index is 0.000000132. The number of fused-ring (bicyclic) bond motifs is 23. The molecule has 0 spiro atoms. The van der Waals surface area contributed by atoms with Gasteiger partial charge >= 0.3 is 7.12 Å². The lowest BCUT2D eigenvalue weighted by Crippen LogP contribution is -2.29. The topological polar surface area (TPSA) is 132 Å². The van der Waals surface area contributed by atoms with Crippen LogP contribution in [0.3, 0.4) is 0 Å². The Morgan fingerprint density at radius 3 is 0.806 bits per heavy atom. The van der Waals surface area contributed by atoms with E-state index in [1.807, 2.05) is 72.8 Å². The van der Waals surface area contributed by atoms with Gasteiger partial charge in [0.25, 0.3) is 0 Å². The first kappa shape index (κ1) is 61.9. The van der Waals surface area contributed by atoms with Gasteiger partial charge in [0.1, 0.15) is 78.2 Å². The third-order valence-electron chi connectivity index (χ3n) is 19.8. The van der Waals surface area contributed by atoms with Crippen molar-refractivity contribution >= 4 is 198 Å². The minimum Gasteiger partial charge on any atom is -0.456 e. The molecule has 7 heterocycles. The summed E-state index contributed by atoms with van der Waals surface area (Å²) < 4.78 is 45.7. The first-order chi connectivity index (χ1) is 50.1. The summed E-state index contributed by atoms with van der Waals surface area (Å²) in [7, 11) is -1.48. The van der Waals surface area contributed by atoms with Gasteiger partial charge in [-0.15, -0.1) is 0 Å². The average molecular weight is 1460 g/mol. The summed E-state index contributed by atoms with van der Waals surface area (Å²) >= 11 is 7.06. The van der Waals surface area contributed by atoms with E-state index in [1.54, 1.807) is 18.2 Å². The highest BCUT2D eigenvalue weighted by Crippen LogP contribution is 2.45. The molecular weight excluding hydrogens is 1410 g/mol. The molecule has 15 aromatic carbocycles. The lowest BCUT2D eigenvalue weighted by molar-refractivity contribution is 0.426. The predicted octanol–water partition coefficient (Wildman–Crippen LogP) is 26.5. The first-order valence-electron chi connectivity index (χ1n) is 33.5. The van der Waals surface area contributed by atoms with Gasteiger partial charge in [-0.1, -0.05) is 185 Å². The van der Waals surface area contributed by atoms with Crippen LogP contribution in [0.1, 0.15) is 7.43 Å². The van der Waals surface area contributed by atoms with E-state index in [-0.39, 0.29) is 7.43 Å². The molecule has 9 nitrogen and oxygen atoms in total. The van der Waals surface area contributed by atoms with Crippen LogP contribution in [-0.2, 0) is 0 Å². The van der Waals surface area contributed by atoms with Gasteiger partial charge in [0.05, 0.1) is 10.8 Å². The number of hydrogen-bond acceptors (Lipinski definition) is 9. The van der Waals surface area contributed by atoms with Gasteiger partial charge in [-0.05, 0) is 213 Å². The maximum atomic E-state index is 9.35. The van der Waals surface area contributed by atoms with Crippen LogP contribution < -0.4 is 5.46 Å². The average Bonchev–Trinajstić information content (AvgIpc) is 1.58. The highest BCUT2D eigenvalue weighted by molar-refractivity contribution is 9.10. The van der Waals surface area contributed by atoms with Crippen molar-refractivity contribution in [3.63, 3.8) is 0 Å². The van der Waals surface area contributed by atoms with Crippen LogP contribution >= 0.6 is 31.9 Å². The molecule has 0 atom stereocenters. The van der Waals surface area contributed by atoms with E-state index >= 15 is 0 Å². The molecule has 0 amide bonds. The lowest BCUT2D eigenvalue weighted by Gasteiger charge is -2.03. The fraction of sp³-hybridized carbons (Fsp3) is 0.0110. The summed E-state index contributed by atoms with van der Waals surface area (Å²) in [6, 6.07) is 101. The molecule has 0 bridgehead atoms. The summed E-state index contributed by atoms with van der Waals surface area (Å²) in [5.74, 6) is 0. The van der Waals surface area contributed by atoms with Crippen LogP contribution in [0.5, 0.6) is 0 Å². The van der Waals surface area contributed by atoms with Crippen molar-refractivity contribution < 1.29 is 41.0 Å². The van der Waals surface area contributed by atoms with E-state index in [4.69, 9.17) is 30.9 Å². The fourth-order valence-corrected chi connectivity index (χ4v) is 15.5. The fourth-order valence-electron chi connectivity index (χ4n) is 14.8. The van der Waals surface area contributed by atoms with Crippen molar-refractivity contribution in [3.8, 4) is 55.6 Å². The summed E-state index contributed by atoms with van der Waals surface area (Å²) in [5.41, 5.74) is 23.7. The zero-order valence-corrected chi connectivity index (χ0v) is 57.0. The van der Waals surface area contributed by atoms with Crippen molar-refractivity contribution in [2.75, 3.05) is 0 Å². The molecule has 2 N–H and O–H groups in total. The largest absolute Gasteiger partial charge is 0.488 e. The van der Waals surface area contributed by atoms with Crippen molar-refractivity contribution in [2.24, 2.45) is 0 Å². The van der Waals surface area contributed by atoms with Crippen LogP contribution in [-0.4, -0.2) is 17.2 Å². The minimum absolute atomic E-state index is 0. The van der Waals surface area contributed by atoms with Gasteiger partial charge in [-0.3, -0.25) is 0 Å². The number of benzene rings is 15. The zero-order valence-electron chi connectivity index (χ0n) is 53.9. The molecule has 12 heteroatoms. The molecule has 0 saturated heterocycles. The van der Waals surface area contributed by atoms with E-state index in [2.05, 4.69) is 238 Å². The molecule has 0 saturated carbocycles. The SMILES string of the molecule is Brc1ccc2oc3c(ccc4oc5ccc(Br)cc5c43)c2c1.C.OB(O)c1ccc2oc3ccc(-c4ccccc4)cc3c2c1.c1ccc(-c2ccc3oc4ccc(-c5ccc6oc7c(ccc8oc9ccc(-c%10ccc%11oc%12ccc(-c%13ccccc%13)cc%12c%11c%10)cc9c87)c6c5)cc4c3c2)cc1. The molecule has 0 unspecified atom stereocenters. The first-order valence-corrected chi connectivity index (χ1v) is 35.1. The van der Waals surface area contributed by atoms with Crippen molar-refractivity contribution in [2.45, 2.75) is 7.43 Å². The van der Waals surface area contributed by atoms with Gasteiger partial charge in [0, 0.05) is 73.6 Å². The number of hydrogen-bond donors (Lipinski definition) is 2. The van der Waals surface area contributed by atoms with Gasteiger partial charge in [-0.2, -0.15) is 0 Å². The van der Waals surface area contributed by atoms with Crippen LogP contribution in [0.2, 0.25) is 0 Å². The quantitative estimate of drug-likeness (QED) is 0.156. The standard InChI is InChI=1S/C54H30O4.C18H13BO3.C18H8Br2O2.CH4/c1-3-7-31(8-4-1)33-11-18-46-41(25-33)43-28-36(13-20-48(43)55-46)35-15-22-50-40(27-35)39-17-24-52-53(54(39)58-50)45-30-38(16-23-51(45)57-52)37-14-21-49-44(29-37)42-26-34(12-19-47(42)56-49)32-9-5-2-6-10-32;20-19(21)14-7-9-18-16(11-14)15-10-13(6-8-17(15)22-18)12-4-2-1-3-5-12;19-9-1-4-14-12(7-9)11-3-6-16-17(18(11)22-14)13-8-10(20)2-5-15(13)21-16;/h1-30H;1-11,20-21H;1-8H;1H4. The second kappa shape index (κ2) is 24.6. The summed E-state index contributed by atoms with van der Waals surface area (Å²) in [6.45, 7) is 0. The smallest absolute Gasteiger partial charge is 0.456 e. The van der Waals surface area contributed by atoms with Crippen molar-refractivity contribution in [3.05, 3.63) is 306 Å². The normalized spacial score (nSPS) is 11.8. The van der Waals surface area contributed by atoms with E-state index in [1.165, 1.54) is 22.3 Å². The van der Waals surface area contributed by atoms with Gasteiger partial charge in [0.15, 0.2) is 0 Å². The Labute approximate surface area is 604 Å². The van der Waals surface area contributed by atoms with Crippen molar-refractivity contribution in [1.82, 2.24) is 0 Å². The molecule has 7 aromatic heterocycles. The van der Waals surface area contributed by atoms with Crippen molar-refractivity contribution in [1.29, 1.82) is 0 Å². The van der Waals surface area contributed by atoms with E-state index < -0.39 is 7.12 Å². The molecule has 0 radical (unpaired) electrons. The minimum atomic E-state index is -1.48. The van der Waals surface area contributed by atoms with E-state index in [0.717, 1.165) is 196 Å². The Kier molecular flexibility index (Phi) is 14.8. The van der Waals surface area contributed by atoms with Gasteiger partial charge in [0.2, 0.25) is 0 Å². The summed E-state index contributed by atoms with van der Waals surface area (Å²) in [4.78, 5) is 0. The number of furan rings is 7. The third kappa shape index (κ3) is 10.6. The molecule has 0 aliphatic rings. The summed E-state index contributed by atoms with van der Waals surface area (Å²) in [6.07, 6.45) is 0. The molecule has 103 heavy (non-hydrogen) atoms. The second-order valence-electron chi connectivity index (χ2n) is 25.8. The Bertz CT molecular complexity index is 7130. The Hall–Kier alpha value is -12.2.